The van der Waals surface area contributed by atoms with E-state index < -0.39 is 54.0 Å². The summed E-state index contributed by atoms with van der Waals surface area (Å²) in [6.07, 6.45) is -5.97. The Morgan fingerprint density at radius 1 is 0.786 bits per heavy atom. The number of ether oxygens (including phenoxy) is 1. The molecule has 1 aliphatic rings. The summed E-state index contributed by atoms with van der Waals surface area (Å²) < 4.78 is 35.1. The molecule has 3 heterocycles. The Labute approximate surface area is 236 Å². The molecule has 214 valence electrons. The summed E-state index contributed by atoms with van der Waals surface area (Å²) >= 11 is 0. The number of aromatic nitrogens is 4. The number of nitrogens with zero attached hydrogens (tertiary/aromatic N) is 4. The van der Waals surface area contributed by atoms with E-state index >= 15 is 0 Å². The molecule has 3 aromatic carbocycles. The molecular weight excluding hydrogens is 550 g/mol. The highest BCUT2D eigenvalue weighted by atomic mass is 19.1. The fourth-order valence-corrected chi connectivity index (χ4v) is 5.02. The van der Waals surface area contributed by atoms with Gasteiger partial charge in [-0.1, -0.05) is 30.3 Å². The third-order valence-corrected chi connectivity index (χ3v) is 7.18. The molecule has 0 aliphatic carbocycles. The first-order chi connectivity index (χ1) is 20.3. The molecule has 0 unspecified atom stereocenters. The fourth-order valence-electron chi connectivity index (χ4n) is 5.02. The average molecular weight is 575 g/mol. The molecule has 3 N–H and O–H groups in total. The molecule has 0 amide bonds. The number of aliphatic hydroxyl groups is 3. The van der Waals surface area contributed by atoms with Gasteiger partial charge in [-0.3, -0.25) is 9.36 Å². The maximum Gasteiger partial charge on any atom is 0.335 e. The van der Waals surface area contributed by atoms with Crippen LogP contribution in [0.3, 0.4) is 0 Å². The Hall–Kier alpha value is -4.62. The van der Waals surface area contributed by atoms with Gasteiger partial charge < -0.3 is 20.1 Å². The summed E-state index contributed by atoms with van der Waals surface area (Å²) in [5.41, 5.74) is -0.550. The Balaban J connectivity index is 1.69. The predicted molar refractivity (Wildman–Crippen MR) is 147 cm³/mol. The smallest absolute Gasteiger partial charge is 0.335 e. The Morgan fingerprint density at radius 3 is 1.90 bits per heavy atom. The van der Waals surface area contributed by atoms with Gasteiger partial charge in [0.25, 0.3) is 5.56 Å². The third kappa shape index (κ3) is 4.80. The van der Waals surface area contributed by atoms with Crippen LogP contribution in [0.25, 0.3) is 33.7 Å². The van der Waals surface area contributed by atoms with E-state index in [1.54, 1.807) is 30.3 Å². The number of fused-ring (bicyclic) bond motifs is 1. The van der Waals surface area contributed by atoms with Crippen LogP contribution in [-0.2, 0) is 11.3 Å². The molecular formula is C30H24F2N4O6. The van der Waals surface area contributed by atoms with E-state index in [9.17, 15) is 33.7 Å². The molecule has 1 aliphatic heterocycles. The molecule has 1 saturated heterocycles. The number of rotatable bonds is 6. The lowest BCUT2D eigenvalue weighted by molar-refractivity contribution is -0.0535. The number of hydrogen-bond acceptors (Lipinski definition) is 8. The van der Waals surface area contributed by atoms with Gasteiger partial charge in [-0.05, 0) is 54.1 Å². The van der Waals surface area contributed by atoms with E-state index in [0.717, 1.165) is 9.13 Å². The highest BCUT2D eigenvalue weighted by Gasteiger charge is 2.45. The molecule has 0 bridgehead atoms. The lowest BCUT2D eigenvalue weighted by atomic mass is 10.0. The summed E-state index contributed by atoms with van der Waals surface area (Å²) in [5.74, 6) is -1.01. The van der Waals surface area contributed by atoms with Crippen LogP contribution < -0.4 is 11.2 Å². The second-order valence-corrected chi connectivity index (χ2v) is 9.87. The molecule has 6 rings (SSSR count). The van der Waals surface area contributed by atoms with Crippen molar-refractivity contribution in [2.45, 2.75) is 31.1 Å². The van der Waals surface area contributed by atoms with Crippen LogP contribution in [0, 0.1) is 11.6 Å². The zero-order chi connectivity index (χ0) is 29.5. The molecule has 5 aromatic rings. The van der Waals surface area contributed by atoms with Gasteiger partial charge in [0, 0.05) is 11.1 Å². The van der Waals surface area contributed by atoms with Crippen LogP contribution in [0.5, 0.6) is 0 Å². The minimum atomic E-state index is -1.67. The first kappa shape index (κ1) is 27.5. The fraction of sp³-hybridized carbons (Fsp3) is 0.200. The van der Waals surface area contributed by atoms with Gasteiger partial charge in [-0.15, -0.1) is 0 Å². The molecule has 2 aromatic heterocycles. The van der Waals surface area contributed by atoms with Crippen molar-refractivity contribution in [1.29, 1.82) is 0 Å². The quantitative estimate of drug-likeness (QED) is 0.281. The summed E-state index contributed by atoms with van der Waals surface area (Å²) in [4.78, 5) is 37.1. The van der Waals surface area contributed by atoms with Gasteiger partial charge in [0.15, 0.2) is 17.4 Å². The number of hydrogen-bond donors (Lipinski definition) is 3. The van der Waals surface area contributed by atoms with Crippen molar-refractivity contribution in [3.8, 4) is 22.5 Å². The highest BCUT2D eigenvalue weighted by molar-refractivity contribution is 5.84. The van der Waals surface area contributed by atoms with E-state index in [2.05, 4.69) is 9.97 Å². The van der Waals surface area contributed by atoms with Crippen molar-refractivity contribution in [3.05, 3.63) is 117 Å². The van der Waals surface area contributed by atoms with Crippen molar-refractivity contribution in [2.75, 3.05) is 6.61 Å². The maximum absolute atomic E-state index is 14.0. The third-order valence-electron chi connectivity index (χ3n) is 7.18. The first-order valence-corrected chi connectivity index (χ1v) is 13.0. The van der Waals surface area contributed by atoms with Gasteiger partial charge in [0.2, 0.25) is 0 Å². The van der Waals surface area contributed by atoms with E-state index in [0.29, 0.717) is 16.7 Å². The largest absolute Gasteiger partial charge is 0.394 e. The van der Waals surface area contributed by atoms with Crippen molar-refractivity contribution < 1.29 is 28.8 Å². The van der Waals surface area contributed by atoms with Crippen LogP contribution in [0.4, 0.5) is 8.78 Å². The Bertz CT molecular complexity index is 1880. The number of benzene rings is 3. The van der Waals surface area contributed by atoms with Crippen molar-refractivity contribution >= 4 is 11.2 Å². The second kappa shape index (κ2) is 11.0. The minimum absolute atomic E-state index is 0.134. The standard InChI is InChI=1S/C30H24F2N4O6/c31-19-10-6-17(7-11-19)22-23(18-8-12-20(32)13-9-18)34-27-24(33-22)28(40)35(14-16-4-2-1-3-5-16)30(41)36(27)29-26(39)25(38)21(15-37)42-29/h1-13,21,25-26,29,37-39H,14-15H2/t21-,25-,26-,29-/m1/s1. The first-order valence-electron chi connectivity index (χ1n) is 13.0. The Morgan fingerprint density at radius 2 is 1.36 bits per heavy atom. The number of aliphatic hydroxyl groups excluding tert-OH is 3. The van der Waals surface area contributed by atoms with Crippen LogP contribution in [-0.4, -0.2) is 59.3 Å². The van der Waals surface area contributed by atoms with Gasteiger partial charge in [0.05, 0.1) is 24.5 Å². The van der Waals surface area contributed by atoms with Crippen molar-refractivity contribution in [1.82, 2.24) is 19.1 Å². The van der Waals surface area contributed by atoms with Gasteiger partial charge in [-0.2, -0.15) is 0 Å². The number of halogens is 2. The van der Waals surface area contributed by atoms with E-state index in [-0.39, 0.29) is 29.1 Å². The van der Waals surface area contributed by atoms with Gasteiger partial charge in [0.1, 0.15) is 29.9 Å². The summed E-state index contributed by atoms with van der Waals surface area (Å²) in [7, 11) is 0. The summed E-state index contributed by atoms with van der Waals surface area (Å²) in [5, 5.41) is 31.0. The normalized spacial score (nSPS) is 20.3. The molecule has 42 heavy (non-hydrogen) atoms. The topological polar surface area (TPSA) is 140 Å². The SMILES string of the molecule is O=c1c2nc(-c3ccc(F)cc3)c(-c3ccc(F)cc3)nc2n([C@@H]2O[C@H](CO)[C@@H](O)[C@H]2O)c(=O)n1Cc1ccccc1. The summed E-state index contributed by atoms with van der Waals surface area (Å²) in [6, 6.07) is 19.3. The lowest BCUT2D eigenvalue weighted by Crippen LogP contribution is -2.44. The molecule has 0 saturated carbocycles. The molecule has 10 nitrogen and oxygen atoms in total. The molecule has 0 radical (unpaired) electrons. The summed E-state index contributed by atoms with van der Waals surface area (Å²) in [6.45, 7) is -0.803. The molecule has 0 spiro atoms. The van der Waals surface area contributed by atoms with Gasteiger partial charge >= 0.3 is 5.69 Å². The molecule has 4 atom stereocenters. The van der Waals surface area contributed by atoms with E-state index in [1.807, 2.05) is 0 Å². The highest BCUT2D eigenvalue weighted by Crippen LogP contribution is 2.33. The Kier molecular flexibility index (Phi) is 7.21. The zero-order valence-electron chi connectivity index (χ0n) is 21.8. The maximum atomic E-state index is 14.0. The van der Waals surface area contributed by atoms with Gasteiger partial charge in [-0.25, -0.2) is 28.1 Å². The minimum Gasteiger partial charge on any atom is -0.394 e. The predicted octanol–water partition coefficient (Wildman–Crippen LogP) is 2.23. The van der Waals surface area contributed by atoms with Crippen LogP contribution in [0.2, 0.25) is 0 Å². The van der Waals surface area contributed by atoms with Crippen molar-refractivity contribution in [3.63, 3.8) is 0 Å². The van der Waals surface area contributed by atoms with E-state index in [4.69, 9.17) is 4.74 Å². The molecule has 12 heteroatoms. The molecule has 1 fully saturated rings. The van der Waals surface area contributed by atoms with Crippen molar-refractivity contribution in [2.24, 2.45) is 0 Å². The lowest BCUT2D eigenvalue weighted by Gasteiger charge is -2.22. The van der Waals surface area contributed by atoms with Crippen LogP contribution in [0.15, 0.2) is 88.5 Å². The zero-order valence-corrected chi connectivity index (χ0v) is 21.8. The van der Waals surface area contributed by atoms with E-state index in [1.165, 1.54) is 48.5 Å². The average Bonchev–Trinajstić information content (AvgIpc) is 3.29. The monoisotopic (exact) mass is 574 g/mol. The second-order valence-electron chi connectivity index (χ2n) is 9.87. The van der Waals surface area contributed by atoms with Crippen LogP contribution >= 0.6 is 0 Å². The van der Waals surface area contributed by atoms with Crippen LogP contribution in [0.1, 0.15) is 11.8 Å².